The fourth-order valence-electron chi connectivity index (χ4n) is 1.44. The van der Waals surface area contributed by atoms with E-state index < -0.39 is 5.60 Å². The molecule has 1 aromatic rings. The Morgan fingerprint density at radius 2 is 2.00 bits per heavy atom. The van der Waals surface area contributed by atoms with Crippen LogP contribution in [0.15, 0.2) is 24.3 Å². The van der Waals surface area contributed by atoms with E-state index in [-0.39, 0.29) is 6.10 Å². The van der Waals surface area contributed by atoms with Gasteiger partial charge in [0, 0.05) is 0 Å². The van der Waals surface area contributed by atoms with Gasteiger partial charge in [-0.25, -0.2) is 5.90 Å². The van der Waals surface area contributed by atoms with Gasteiger partial charge in [0.1, 0.15) is 12.2 Å². The first-order valence-corrected chi connectivity index (χ1v) is 4.90. The molecular weight excluding hydrogens is 194 g/mol. The van der Waals surface area contributed by atoms with E-state index in [0.717, 1.165) is 11.5 Å². The Morgan fingerprint density at radius 3 is 2.67 bits per heavy atom. The highest BCUT2D eigenvalue weighted by Crippen LogP contribution is 2.33. The lowest BCUT2D eigenvalue weighted by molar-refractivity contribution is -0.112. The van der Waals surface area contributed by atoms with Gasteiger partial charge in [-0.2, -0.15) is 0 Å². The van der Waals surface area contributed by atoms with Crippen LogP contribution in [0.4, 0.5) is 0 Å². The highest BCUT2D eigenvalue weighted by Gasteiger charge is 2.36. The molecule has 2 N–H and O–H groups in total. The van der Waals surface area contributed by atoms with E-state index in [1.807, 2.05) is 38.1 Å². The molecule has 1 aliphatic rings. The minimum atomic E-state index is -0.562. The van der Waals surface area contributed by atoms with Crippen molar-refractivity contribution in [1.29, 1.82) is 0 Å². The maximum absolute atomic E-state index is 5.76. The first-order valence-electron chi connectivity index (χ1n) is 4.90. The Labute approximate surface area is 88.9 Å². The second kappa shape index (κ2) is 3.72. The van der Waals surface area contributed by atoms with E-state index in [1.54, 1.807) is 0 Å². The predicted molar refractivity (Wildman–Crippen MR) is 55.7 cm³/mol. The molecule has 0 spiro atoms. The lowest BCUT2D eigenvalue weighted by Crippen LogP contribution is -2.49. The van der Waals surface area contributed by atoms with Crippen LogP contribution in [0.3, 0.4) is 0 Å². The maximum atomic E-state index is 5.76. The number of hydrogen-bond donors (Lipinski definition) is 1. The highest BCUT2D eigenvalue weighted by molar-refractivity contribution is 5.40. The summed E-state index contributed by atoms with van der Waals surface area (Å²) in [6, 6.07) is 7.56. The standard InChI is InChI=1S/C11H15NO3/c1-11(2,15-12)10-7-13-8-5-3-4-6-9(8)14-10/h3-6,10H,7,12H2,1-2H3. The van der Waals surface area contributed by atoms with Crippen LogP contribution in [0.2, 0.25) is 0 Å². The van der Waals surface area contributed by atoms with Gasteiger partial charge in [0.15, 0.2) is 17.6 Å². The minimum absolute atomic E-state index is 0.197. The van der Waals surface area contributed by atoms with Gasteiger partial charge < -0.3 is 9.47 Å². The Balaban J connectivity index is 2.19. The van der Waals surface area contributed by atoms with E-state index in [1.165, 1.54) is 0 Å². The zero-order valence-electron chi connectivity index (χ0n) is 8.90. The summed E-state index contributed by atoms with van der Waals surface area (Å²) in [5, 5.41) is 0. The van der Waals surface area contributed by atoms with Crippen LogP contribution < -0.4 is 15.4 Å². The largest absolute Gasteiger partial charge is 0.486 e. The van der Waals surface area contributed by atoms with Gasteiger partial charge in [0.05, 0.1) is 0 Å². The zero-order chi connectivity index (χ0) is 10.9. The van der Waals surface area contributed by atoms with Crippen molar-refractivity contribution in [2.75, 3.05) is 6.61 Å². The molecular formula is C11H15NO3. The third-order valence-electron chi connectivity index (χ3n) is 2.59. The molecule has 1 aromatic carbocycles. The Bertz CT molecular complexity index is 351. The molecule has 0 aliphatic carbocycles. The summed E-state index contributed by atoms with van der Waals surface area (Å²) in [5.41, 5.74) is -0.562. The summed E-state index contributed by atoms with van der Waals surface area (Å²) in [7, 11) is 0. The van der Waals surface area contributed by atoms with Crippen LogP contribution >= 0.6 is 0 Å². The molecule has 0 bridgehead atoms. The molecule has 0 saturated carbocycles. The first-order chi connectivity index (χ1) is 7.13. The van der Waals surface area contributed by atoms with Crippen molar-refractivity contribution in [3.63, 3.8) is 0 Å². The molecule has 4 nitrogen and oxygen atoms in total. The molecule has 1 unspecified atom stereocenters. The van der Waals surface area contributed by atoms with Gasteiger partial charge in [-0.1, -0.05) is 12.1 Å². The molecule has 1 aliphatic heterocycles. The van der Waals surface area contributed by atoms with Crippen LogP contribution in [-0.4, -0.2) is 18.3 Å². The third-order valence-corrected chi connectivity index (χ3v) is 2.59. The molecule has 1 atom stereocenters. The van der Waals surface area contributed by atoms with Crippen molar-refractivity contribution in [3.8, 4) is 11.5 Å². The number of ether oxygens (including phenoxy) is 2. The Morgan fingerprint density at radius 1 is 1.33 bits per heavy atom. The number of hydrogen-bond acceptors (Lipinski definition) is 4. The topological polar surface area (TPSA) is 53.7 Å². The van der Waals surface area contributed by atoms with Crippen LogP contribution in [0.1, 0.15) is 13.8 Å². The summed E-state index contributed by atoms with van der Waals surface area (Å²) in [6.07, 6.45) is -0.197. The van der Waals surface area contributed by atoms with Gasteiger partial charge in [-0.15, -0.1) is 0 Å². The third kappa shape index (κ3) is 1.91. The maximum Gasteiger partial charge on any atom is 0.163 e. The predicted octanol–water partition coefficient (Wildman–Crippen LogP) is 1.50. The highest BCUT2D eigenvalue weighted by atomic mass is 16.7. The molecule has 15 heavy (non-hydrogen) atoms. The monoisotopic (exact) mass is 209 g/mol. The normalized spacial score (nSPS) is 20.1. The van der Waals surface area contributed by atoms with E-state index in [2.05, 4.69) is 0 Å². The number of rotatable bonds is 2. The number of para-hydroxylation sites is 2. The average molecular weight is 209 g/mol. The lowest BCUT2D eigenvalue weighted by atomic mass is 10.0. The Kier molecular flexibility index (Phi) is 2.54. The molecule has 2 rings (SSSR count). The van der Waals surface area contributed by atoms with E-state index in [0.29, 0.717) is 6.61 Å². The molecule has 0 radical (unpaired) electrons. The van der Waals surface area contributed by atoms with E-state index in [4.69, 9.17) is 20.2 Å². The van der Waals surface area contributed by atoms with Gasteiger partial charge in [-0.05, 0) is 26.0 Å². The molecule has 4 heteroatoms. The summed E-state index contributed by atoms with van der Waals surface area (Å²) in [5.74, 6) is 6.72. The Hall–Kier alpha value is -1.26. The quantitative estimate of drug-likeness (QED) is 0.750. The minimum Gasteiger partial charge on any atom is -0.486 e. The van der Waals surface area contributed by atoms with Crippen molar-refractivity contribution in [2.45, 2.75) is 25.6 Å². The fraction of sp³-hybridized carbons (Fsp3) is 0.455. The SMILES string of the molecule is CC(C)(ON)C1COc2ccccc2O1. The zero-order valence-corrected chi connectivity index (χ0v) is 8.90. The van der Waals surface area contributed by atoms with Crippen molar-refractivity contribution >= 4 is 0 Å². The van der Waals surface area contributed by atoms with Crippen LogP contribution in [0, 0.1) is 0 Å². The average Bonchev–Trinajstić information content (AvgIpc) is 2.28. The molecule has 0 fully saturated rings. The summed E-state index contributed by atoms with van der Waals surface area (Å²) in [6.45, 7) is 4.19. The van der Waals surface area contributed by atoms with Gasteiger partial charge in [-0.3, -0.25) is 4.84 Å². The molecule has 1 heterocycles. The van der Waals surface area contributed by atoms with Crippen molar-refractivity contribution < 1.29 is 14.3 Å². The van der Waals surface area contributed by atoms with Gasteiger partial charge in [0.2, 0.25) is 0 Å². The number of benzene rings is 1. The summed E-state index contributed by atoms with van der Waals surface area (Å²) in [4.78, 5) is 4.89. The molecule has 0 amide bonds. The first kappa shape index (κ1) is 10.3. The van der Waals surface area contributed by atoms with Gasteiger partial charge >= 0.3 is 0 Å². The van der Waals surface area contributed by atoms with Crippen molar-refractivity contribution in [1.82, 2.24) is 0 Å². The van der Waals surface area contributed by atoms with Gasteiger partial charge in [0.25, 0.3) is 0 Å². The second-order valence-electron chi connectivity index (χ2n) is 4.09. The number of fused-ring (bicyclic) bond motifs is 1. The second-order valence-corrected chi connectivity index (χ2v) is 4.09. The smallest absolute Gasteiger partial charge is 0.163 e. The van der Waals surface area contributed by atoms with Crippen molar-refractivity contribution in [2.24, 2.45) is 5.90 Å². The van der Waals surface area contributed by atoms with Crippen LogP contribution in [0.5, 0.6) is 11.5 Å². The summed E-state index contributed by atoms with van der Waals surface area (Å²) < 4.78 is 11.3. The lowest BCUT2D eigenvalue weighted by Gasteiger charge is -2.35. The number of nitrogens with two attached hydrogens (primary N) is 1. The fourth-order valence-corrected chi connectivity index (χ4v) is 1.44. The van der Waals surface area contributed by atoms with E-state index >= 15 is 0 Å². The van der Waals surface area contributed by atoms with Crippen LogP contribution in [0.25, 0.3) is 0 Å². The molecule has 0 aromatic heterocycles. The molecule has 0 saturated heterocycles. The molecule has 82 valence electrons. The van der Waals surface area contributed by atoms with Crippen molar-refractivity contribution in [3.05, 3.63) is 24.3 Å². The summed E-state index contributed by atoms with van der Waals surface area (Å²) >= 11 is 0. The van der Waals surface area contributed by atoms with E-state index in [9.17, 15) is 0 Å². The van der Waals surface area contributed by atoms with Crippen LogP contribution in [-0.2, 0) is 4.84 Å².